The molecule has 0 aliphatic heterocycles. The molecule has 0 fully saturated rings. The number of hydrazone groups is 1. The summed E-state index contributed by atoms with van der Waals surface area (Å²) in [5.41, 5.74) is 8.20. The van der Waals surface area contributed by atoms with Crippen LogP contribution in [-0.4, -0.2) is 22.8 Å². The average molecular weight is 486 g/mol. The predicted octanol–water partition coefficient (Wildman–Crippen LogP) is 7.05. The third kappa shape index (κ3) is 5.81. The van der Waals surface area contributed by atoms with Gasteiger partial charge in [0.1, 0.15) is 5.75 Å². The molecule has 1 aromatic heterocycles. The lowest BCUT2D eigenvalue weighted by Gasteiger charge is -2.13. The number of ether oxygens (including phenoxy) is 1. The highest BCUT2D eigenvalue weighted by Crippen LogP contribution is 2.27. The number of hydrogen-bond donors (Lipinski definition) is 1. The maximum absolute atomic E-state index is 12.6. The number of rotatable bonds is 8. The van der Waals surface area contributed by atoms with Crippen molar-refractivity contribution in [1.29, 1.82) is 0 Å². The van der Waals surface area contributed by atoms with Gasteiger partial charge in [-0.05, 0) is 86.0 Å². The van der Waals surface area contributed by atoms with Gasteiger partial charge >= 0.3 is 0 Å². The van der Waals surface area contributed by atoms with Crippen molar-refractivity contribution in [1.82, 2.24) is 9.99 Å². The number of carbonyl (C=O) groups excluding carboxylic acids is 1. The van der Waals surface area contributed by atoms with Crippen LogP contribution in [0.5, 0.6) is 5.75 Å². The van der Waals surface area contributed by atoms with Crippen LogP contribution in [0.4, 0.5) is 0 Å². The summed E-state index contributed by atoms with van der Waals surface area (Å²) < 4.78 is 7.95. The van der Waals surface area contributed by atoms with Crippen LogP contribution < -0.4 is 10.2 Å². The van der Waals surface area contributed by atoms with E-state index in [1.54, 1.807) is 24.4 Å². The molecule has 0 unspecified atom stereocenters. The fraction of sp³-hybridized carbons (Fsp3) is 0.172. The highest BCUT2D eigenvalue weighted by atomic mass is 35.5. The largest absolute Gasteiger partial charge is 0.489 e. The molecule has 1 heterocycles. The zero-order valence-corrected chi connectivity index (χ0v) is 20.8. The van der Waals surface area contributed by atoms with Gasteiger partial charge in [-0.3, -0.25) is 4.79 Å². The first kappa shape index (κ1) is 24.3. The van der Waals surface area contributed by atoms with E-state index in [9.17, 15) is 4.79 Å². The topological polar surface area (TPSA) is 55.6 Å². The van der Waals surface area contributed by atoms with Crippen molar-refractivity contribution in [3.05, 3.63) is 107 Å². The number of benzene rings is 3. The summed E-state index contributed by atoms with van der Waals surface area (Å²) in [4.78, 5) is 12.6. The number of carbonyl (C=O) groups is 1. The van der Waals surface area contributed by atoms with Gasteiger partial charge in [-0.1, -0.05) is 48.9 Å². The smallest absolute Gasteiger partial charge is 0.271 e. The van der Waals surface area contributed by atoms with Crippen LogP contribution in [0.2, 0.25) is 5.02 Å². The second-order valence-electron chi connectivity index (χ2n) is 8.33. The Balaban J connectivity index is 1.43. The maximum Gasteiger partial charge on any atom is 0.271 e. The molecule has 0 spiro atoms. The summed E-state index contributed by atoms with van der Waals surface area (Å²) in [7, 11) is 0. The second kappa shape index (κ2) is 11.1. The number of nitrogens with zero attached hydrogens (tertiary/aromatic N) is 2. The molecule has 0 aliphatic rings. The minimum atomic E-state index is -0.289. The zero-order valence-electron chi connectivity index (χ0n) is 20.0. The van der Waals surface area contributed by atoms with E-state index < -0.39 is 0 Å². The fourth-order valence-corrected chi connectivity index (χ4v) is 3.93. The summed E-state index contributed by atoms with van der Waals surface area (Å²) in [6, 6.07) is 27.3. The Hall–Kier alpha value is -3.83. The third-order valence-corrected chi connectivity index (χ3v) is 6.07. The standard InChI is InChI=1S/C29H28ClN3O2/c1-4-21(3)35-28-17-11-22(18-26(28)30)19-31-32-29(34)24-12-14-25(15-13-24)33-20(2)10-16-27(33)23-8-6-5-7-9-23/h5-19,21H,4H2,1-3H3,(H,32,34)/b31-19+/t21-/m0/s1. The van der Waals surface area contributed by atoms with Crippen LogP contribution in [0.25, 0.3) is 16.9 Å². The van der Waals surface area contributed by atoms with Crippen LogP contribution in [-0.2, 0) is 0 Å². The lowest BCUT2D eigenvalue weighted by Crippen LogP contribution is -2.17. The monoisotopic (exact) mass is 485 g/mol. The van der Waals surface area contributed by atoms with Crippen molar-refractivity contribution in [2.75, 3.05) is 0 Å². The molecule has 0 aliphatic carbocycles. The second-order valence-corrected chi connectivity index (χ2v) is 8.74. The van der Waals surface area contributed by atoms with E-state index in [0.29, 0.717) is 16.3 Å². The molecule has 35 heavy (non-hydrogen) atoms. The molecule has 178 valence electrons. The number of aryl methyl sites for hydroxylation is 1. The van der Waals surface area contributed by atoms with Gasteiger partial charge in [-0.2, -0.15) is 5.10 Å². The third-order valence-electron chi connectivity index (χ3n) is 5.77. The van der Waals surface area contributed by atoms with E-state index in [1.807, 2.05) is 49.4 Å². The lowest BCUT2D eigenvalue weighted by atomic mass is 10.1. The molecule has 1 amide bonds. The van der Waals surface area contributed by atoms with Crippen LogP contribution in [0.15, 0.2) is 90.0 Å². The minimum Gasteiger partial charge on any atom is -0.489 e. The summed E-state index contributed by atoms with van der Waals surface area (Å²) in [5, 5.41) is 4.58. The summed E-state index contributed by atoms with van der Waals surface area (Å²) in [6.45, 7) is 6.12. The molecule has 3 aromatic carbocycles. The molecule has 0 bridgehead atoms. The minimum absolute atomic E-state index is 0.0871. The first-order valence-electron chi connectivity index (χ1n) is 11.6. The van der Waals surface area contributed by atoms with Gasteiger partial charge in [0.2, 0.25) is 0 Å². The number of amides is 1. The van der Waals surface area contributed by atoms with E-state index in [-0.39, 0.29) is 12.0 Å². The molecule has 5 nitrogen and oxygen atoms in total. The number of halogens is 1. The summed E-state index contributed by atoms with van der Waals surface area (Å²) in [6.07, 6.45) is 2.54. The Labute approximate surface area is 211 Å². The van der Waals surface area contributed by atoms with E-state index in [2.05, 4.69) is 53.2 Å². The van der Waals surface area contributed by atoms with E-state index >= 15 is 0 Å². The Morgan fingerprint density at radius 3 is 2.49 bits per heavy atom. The molecule has 0 saturated heterocycles. The van der Waals surface area contributed by atoms with Gasteiger partial charge in [-0.15, -0.1) is 0 Å². The number of hydrogen-bond acceptors (Lipinski definition) is 3. The highest BCUT2D eigenvalue weighted by molar-refractivity contribution is 6.32. The highest BCUT2D eigenvalue weighted by Gasteiger charge is 2.11. The van der Waals surface area contributed by atoms with Gasteiger partial charge in [0.05, 0.1) is 23.0 Å². The molecule has 1 N–H and O–H groups in total. The van der Waals surface area contributed by atoms with E-state index in [4.69, 9.17) is 16.3 Å². The first-order chi connectivity index (χ1) is 17.0. The van der Waals surface area contributed by atoms with Gasteiger partial charge < -0.3 is 9.30 Å². The van der Waals surface area contributed by atoms with Crippen LogP contribution in [0, 0.1) is 6.92 Å². The van der Waals surface area contributed by atoms with Gasteiger partial charge in [0.15, 0.2) is 0 Å². The Morgan fingerprint density at radius 1 is 1.06 bits per heavy atom. The molecular weight excluding hydrogens is 458 g/mol. The molecule has 4 aromatic rings. The fourth-order valence-electron chi connectivity index (χ4n) is 3.70. The molecule has 1 atom stereocenters. The molecular formula is C29H28ClN3O2. The van der Waals surface area contributed by atoms with Crippen molar-refractivity contribution in [3.8, 4) is 22.7 Å². The van der Waals surface area contributed by atoms with E-state index in [0.717, 1.165) is 34.6 Å². The quantitative estimate of drug-likeness (QED) is 0.215. The van der Waals surface area contributed by atoms with Crippen LogP contribution in [0.3, 0.4) is 0 Å². The van der Waals surface area contributed by atoms with Crippen molar-refractivity contribution in [2.45, 2.75) is 33.3 Å². The summed E-state index contributed by atoms with van der Waals surface area (Å²) in [5.74, 6) is 0.346. The summed E-state index contributed by atoms with van der Waals surface area (Å²) >= 11 is 6.31. The zero-order chi connectivity index (χ0) is 24.8. The average Bonchev–Trinajstić information content (AvgIpc) is 3.27. The Bertz CT molecular complexity index is 1330. The molecule has 0 saturated carbocycles. The van der Waals surface area contributed by atoms with Crippen molar-refractivity contribution >= 4 is 23.7 Å². The normalized spacial score (nSPS) is 12.0. The molecule has 0 radical (unpaired) electrons. The van der Waals surface area contributed by atoms with Gasteiger partial charge in [0, 0.05) is 16.9 Å². The van der Waals surface area contributed by atoms with Gasteiger partial charge in [-0.25, -0.2) is 5.43 Å². The van der Waals surface area contributed by atoms with Crippen molar-refractivity contribution < 1.29 is 9.53 Å². The number of nitrogens with one attached hydrogen (secondary N) is 1. The predicted molar refractivity (Wildman–Crippen MR) is 143 cm³/mol. The van der Waals surface area contributed by atoms with Gasteiger partial charge in [0.25, 0.3) is 5.91 Å². The SMILES string of the molecule is CC[C@H](C)Oc1ccc(/C=N/NC(=O)c2ccc(-n3c(C)ccc3-c3ccccc3)cc2)cc1Cl. The van der Waals surface area contributed by atoms with Crippen molar-refractivity contribution in [2.24, 2.45) is 5.10 Å². The Morgan fingerprint density at radius 2 is 1.80 bits per heavy atom. The van der Waals surface area contributed by atoms with E-state index in [1.165, 1.54) is 0 Å². The first-order valence-corrected chi connectivity index (χ1v) is 12.0. The number of aromatic nitrogens is 1. The maximum atomic E-state index is 12.6. The van der Waals surface area contributed by atoms with Crippen molar-refractivity contribution in [3.63, 3.8) is 0 Å². The van der Waals surface area contributed by atoms with Crippen LogP contribution >= 0.6 is 11.6 Å². The van der Waals surface area contributed by atoms with Crippen LogP contribution in [0.1, 0.15) is 41.9 Å². The Kier molecular flexibility index (Phi) is 7.68. The lowest BCUT2D eigenvalue weighted by molar-refractivity contribution is 0.0955. The molecule has 4 rings (SSSR count). The molecule has 6 heteroatoms.